The molecule has 2 amide bonds. The highest BCUT2D eigenvalue weighted by molar-refractivity contribution is 5.73. The third-order valence-corrected chi connectivity index (χ3v) is 3.60. The van der Waals surface area contributed by atoms with E-state index < -0.39 is 5.60 Å². The van der Waals surface area contributed by atoms with Crippen LogP contribution in [0.25, 0.3) is 0 Å². The standard InChI is InChI=1S/C18H21FN2O2/c1-18(23,15-7-9-16(19)10-8-15)13-21-17(22)20-12-11-14-5-3-2-4-6-14/h2-10,23H,11-13H2,1H3,(H2,20,21,22). The summed E-state index contributed by atoms with van der Waals surface area (Å²) >= 11 is 0. The van der Waals surface area contributed by atoms with E-state index in [2.05, 4.69) is 10.6 Å². The summed E-state index contributed by atoms with van der Waals surface area (Å²) in [6.45, 7) is 2.12. The summed E-state index contributed by atoms with van der Waals surface area (Å²) in [7, 11) is 0. The first-order valence-electron chi connectivity index (χ1n) is 7.51. The van der Waals surface area contributed by atoms with E-state index in [-0.39, 0.29) is 18.4 Å². The van der Waals surface area contributed by atoms with E-state index in [4.69, 9.17) is 0 Å². The number of nitrogens with one attached hydrogen (secondary N) is 2. The summed E-state index contributed by atoms with van der Waals surface area (Å²) in [6.07, 6.45) is 0.739. The summed E-state index contributed by atoms with van der Waals surface area (Å²) in [6, 6.07) is 15.1. The van der Waals surface area contributed by atoms with Crippen molar-refractivity contribution in [1.82, 2.24) is 10.6 Å². The van der Waals surface area contributed by atoms with Crippen LogP contribution in [-0.4, -0.2) is 24.2 Å². The van der Waals surface area contributed by atoms with Crippen LogP contribution in [0.4, 0.5) is 9.18 Å². The summed E-state index contributed by atoms with van der Waals surface area (Å²) in [5, 5.41) is 15.7. The molecule has 3 N–H and O–H groups in total. The molecule has 23 heavy (non-hydrogen) atoms. The molecule has 0 spiro atoms. The number of benzene rings is 2. The zero-order valence-corrected chi connectivity index (χ0v) is 13.1. The molecule has 2 aromatic rings. The minimum absolute atomic E-state index is 0.0375. The predicted octanol–water partition coefficient (Wildman–Crippen LogP) is 2.58. The van der Waals surface area contributed by atoms with Gasteiger partial charge in [-0.15, -0.1) is 0 Å². The topological polar surface area (TPSA) is 61.4 Å². The van der Waals surface area contributed by atoms with Gasteiger partial charge in [0, 0.05) is 6.54 Å². The summed E-state index contributed by atoms with van der Waals surface area (Å²) in [5.74, 6) is -0.365. The highest BCUT2D eigenvalue weighted by Crippen LogP contribution is 2.19. The lowest BCUT2D eigenvalue weighted by Crippen LogP contribution is -2.43. The molecule has 122 valence electrons. The largest absolute Gasteiger partial charge is 0.384 e. The lowest BCUT2D eigenvalue weighted by molar-refractivity contribution is 0.0593. The first-order valence-corrected chi connectivity index (χ1v) is 7.51. The molecule has 2 aromatic carbocycles. The van der Waals surface area contributed by atoms with Crippen LogP contribution >= 0.6 is 0 Å². The van der Waals surface area contributed by atoms with Crippen molar-refractivity contribution in [2.75, 3.05) is 13.1 Å². The number of hydrogen-bond acceptors (Lipinski definition) is 2. The number of carbonyl (C=O) groups is 1. The Labute approximate surface area is 135 Å². The second-order valence-corrected chi connectivity index (χ2v) is 5.63. The zero-order chi connectivity index (χ0) is 16.7. The van der Waals surface area contributed by atoms with E-state index in [9.17, 15) is 14.3 Å². The summed E-state index contributed by atoms with van der Waals surface area (Å²) in [4.78, 5) is 11.8. The van der Waals surface area contributed by atoms with Gasteiger partial charge in [0.25, 0.3) is 0 Å². The molecule has 5 heteroatoms. The van der Waals surface area contributed by atoms with Crippen molar-refractivity contribution in [1.29, 1.82) is 0 Å². The van der Waals surface area contributed by atoms with E-state index in [1.54, 1.807) is 6.92 Å². The fraction of sp³-hybridized carbons (Fsp3) is 0.278. The maximum atomic E-state index is 12.9. The number of aliphatic hydroxyl groups is 1. The fourth-order valence-electron chi connectivity index (χ4n) is 2.19. The molecule has 0 aliphatic carbocycles. The van der Waals surface area contributed by atoms with Crippen LogP contribution in [0.15, 0.2) is 54.6 Å². The molecule has 1 atom stereocenters. The van der Waals surface area contributed by atoms with Crippen LogP contribution in [0, 0.1) is 5.82 Å². The Morgan fingerprint density at radius 3 is 2.39 bits per heavy atom. The number of carbonyl (C=O) groups excluding carboxylic acids is 1. The molecule has 1 unspecified atom stereocenters. The van der Waals surface area contributed by atoms with E-state index >= 15 is 0 Å². The van der Waals surface area contributed by atoms with E-state index in [0.29, 0.717) is 12.1 Å². The molecule has 0 saturated heterocycles. The fourth-order valence-corrected chi connectivity index (χ4v) is 2.19. The van der Waals surface area contributed by atoms with Crippen LogP contribution in [0.5, 0.6) is 0 Å². The minimum atomic E-state index is -1.26. The van der Waals surface area contributed by atoms with Crippen molar-refractivity contribution < 1.29 is 14.3 Å². The molecule has 0 bridgehead atoms. The molecule has 0 saturated carbocycles. The van der Waals surface area contributed by atoms with Gasteiger partial charge in [0.15, 0.2) is 0 Å². The maximum absolute atomic E-state index is 12.9. The molecular formula is C18H21FN2O2. The smallest absolute Gasteiger partial charge is 0.314 e. The molecular weight excluding hydrogens is 295 g/mol. The molecule has 0 aliphatic heterocycles. The third-order valence-electron chi connectivity index (χ3n) is 3.60. The molecule has 0 aromatic heterocycles. The molecule has 0 aliphatic rings. The highest BCUT2D eigenvalue weighted by atomic mass is 19.1. The Hall–Kier alpha value is -2.40. The van der Waals surface area contributed by atoms with Crippen LogP contribution in [0.3, 0.4) is 0 Å². The van der Waals surface area contributed by atoms with Crippen LogP contribution in [-0.2, 0) is 12.0 Å². The van der Waals surface area contributed by atoms with Gasteiger partial charge in [0.2, 0.25) is 0 Å². The Balaban J connectivity index is 1.76. The second-order valence-electron chi connectivity index (χ2n) is 5.63. The number of halogens is 1. The van der Waals surface area contributed by atoms with Crippen molar-refractivity contribution in [3.05, 3.63) is 71.5 Å². The van der Waals surface area contributed by atoms with Gasteiger partial charge in [0.05, 0.1) is 6.54 Å². The van der Waals surface area contributed by atoms with Gasteiger partial charge in [-0.05, 0) is 36.6 Å². The van der Waals surface area contributed by atoms with Crippen molar-refractivity contribution >= 4 is 6.03 Å². The lowest BCUT2D eigenvalue weighted by atomic mass is 9.96. The summed E-state index contributed by atoms with van der Waals surface area (Å²) < 4.78 is 12.9. The zero-order valence-electron chi connectivity index (χ0n) is 13.1. The predicted molar refractivity (Wildman–Crippen MR) is 87.5 cm³/mol. The minimum Gasteiger partial charge on any atom is -0.384 e. The van der Waals surface area contributed by atoms with Crippen molar-refractivity contribution in [2.45, 2.75) is 18.9 Å². The van der Waals surface area contributed by atoms with Gasteiger partial charge in [0.1, 0.15) is 11.4 Å². The molecule has 4 nitrogen and oxygen atoms in total. The Kier molecular flexibility index (Phi) is 5.71. The number of hydrogen-bond donors (Lipinski definition) is 3. The van der Waals surface area contributed by atoms with E-state index in [1.807, 2.05) is 30.3 Å². The van der Waals surface area contributed by atoms with Gasteiger partial charge in [-0.3, -0.25) is 0 Å². The van der Waals surface area contributed by atoms with Crippen molar-refractivity contribution in [2.24, 2.45) is 0 Å². The van der Waals surface area contributed by atoms with Gasteiger partial charge in [-0.2, -0.15) is 0 Å². The van der Waals surface area contributed by atoms with Gasteiger partial charge >= 0.3 is 6.03 Å². The maximum Gasteiger partial charge on any atom is 0.314 e. The molecule has 2 rings (SSSR count). The third kappa shape index (κ3) is 5.38. The van der Waals surface area contributed by atoms with Crippen LogP contribution in [0.2, 0.25) is 0 Å². The van der Waals surface area contributed by atoms with E-state index in [0.717, 1.165) is 12.0 Å². The Bertz CT molecular complexity index is 627. The van der Waals surface area contributed by atoms with Crippen LogP contribution in [0.1, 0.15) is 18.1 Å². The average molecular weight is 316 g/mol. The number of rotatable bonds is 6. The number of amides is 2. The Morgan fingerprint density at radius 2 is 1.74 bits per heavy atom. The Morgan fingerprint density at radius 1 is 1.09 bits per heavy atom. The monoisotopic (exact) mass is 316 g/mol. The van der Waals surface area contributed by atoms with E-state index in [1.165, 1.54) is 24.3 Å². The first kappa shape index (κ1) is 17.0. The van der Waals surface area contributed by atoms with Gasteiger partial charge in [-0.1, -0.05) is 42.5 Å². The SMILES string of the molecule is CC(O)(CNC(=O)NCCc1ccccc1)c1ccc(F)cc1. The lowest BCUT2D eigenvalue weighted by Gasteiger charge is -2.24. The first-order chi connectivity index (χ1) is 11.0. The number of urea groups is 1. The molecule has 0 heterocycles. The van der Waals surface area contributed by atoms with Crippen molar-refractivity contribution in [3.8, 4) is 0 Å². The van der Waals surface area contributed by atoms with Crippen molar-refractivity contribution in [3.63, 3.8) is 0 Å². The second kappa shape index (κ2) is 7.74. The summed E-state index contributed by atoms with van der Waals surface area (Å²) in [5.41, 5.74) is 0.430. The molecule has 0 radical (unpaired) electrons. The normalized spacial score (nSPS) is 13.2. The molecule has 0 fully saturated rings. The van der Waals surface area contributed by atoms with Gasteiger partial charge in [-0.25, -0.2) is 9.18 Å². The quantitative estimate of drug-likeness (QED) is 0.767. The van der Waals surface area contributed by atoms with Crippen LogP contribution < -0.4 is 10.6 Å². The average Bonchev–Trinajstić information content (AvgIpc) is 2.54. The van der Waals surface area contributed by atoms with Gasteiger partial charge < -0.3 is 15.7 Å². The highest BCUT2D eigenvalue weighted by Gasteiger charge is 2.23.